The molecule has 1 unspecified atom stereocenters. The summed E-state index contributed by atoms with van der Waals surface area (Å²) in [6.07, 6.45) is 0.936. The molecule has 2 heterocycles. The van der Waals surface area contributed by atoms with Gasteiger partial charge in [0.1, 0.15) is 6.10 Å². The first-order valence-corrected chi connectivity index (χ1v) is 5.40. The van der Waals surface area contributed by atoms with Crippen molar-refractivity contribution in [1.29, 1.82) is 0 Å². The predicted molar refractivity (Wildman–Crippen MR) is 55.6 cm³/mol. The van der Waals surface area contributed by atoms with Gasteiger partial charge in [-0.05, 0) is 24.1 Å². The second kappa shape index (κ2) is 3.56. The highest BCUT2D eigenvalue weighted by Gasteiger charge is 2.28. The van der Waals surface area contributed by atoms with Crippen molar-refractivity contribution in [2.75, 3.05) is 6.79 Å². The van der Waals surface area contributed by atoms with E-state index in [0.717, 1.165) is 5.56 Å². The molecular weight excluding hydrogens is 232 g/mol. The molecule has 4 nitrogen and oxygen atoms in total. The van der Waals surface area contributed by atoms with Crippen molar-refractivity contribution < 1.29 is 19.0 Å². The second-order valence-electron chi connectivity index (χ2n) is 3.75. The minimum absolute atomic E-state index is 0.168. The molecule has 5 heteroatoms. The quantitative estimate of drug-likeness (QED) is 0.708. The van der Waals surface area contributed by atoms with E-state index in [4.69, 9.17) is 25.8 Å². The Bertz CT molecular complexity index is 458. The third-order valence-corrected chi connectivity index (χ3v) is 2.99. The van der Waals surface area contributed by atoms with Crippen LogP contribution < -0.4 is 9.47 Å². The Morgan fingerprint density at radius 2 is 2.19 bits per heavy atom. The van der Waals surface area contributed by atoms with Crippen LogP contribution in [-0.2, 0) is 9.53 Å². The fraction of sp³-hybridized carbons (Fsp3) is 0.364. The molecule has 1 aromatic carbocycles. The Kier molecular flexibility index (Phi) is 2.17. The number of halogens is 1. The largest absolute Gasteiger partial charge is 0.457 e. The minimum Gasteiger partial charge on any atom is -0.457 e. The molecule has 0 aliphatic carbocycles. The fourth-order valence-corrected chi connectivity index (χ4v) is 2.21. The van der Waals surface area contributed by atoms with Crippen LogP contribution in [0.25, 0.3) is 0 Å². The van der Waals surface area contributed by atoms with Crippen LogP contribution >= 0.6 is 11.6 Å². The fourth-order valence-electron chi connectivity index (χ4n) is 1.93. The third kappa shape index (κ3) is 1.50. The van der Waals surface area contributed by atoms with Crippen LogP contribution in [0.15, 0.2) is 12.1 Å². The summed E-state index contributed by atoms with van der Waals surface area (Å²) in [7, 11) is 0. The number of cyclic esters (lactones) is 1. The summed E-state index contributed by atoms with van der Waals surface area (Å²) in [5.74, 6) is 1.01. The molecule has 0 spiro atoms. The maximum Gasteiger partial charge on any atom is 0.306 e. The molecule has 1 atom stereocenters. The van der Waals surface area contributed by atoms with Crippen LogP contribution in [0.3, 0.4) is 0 Å². The lowest BCUT2D eigenvalue weighted by atomic mass is 10.1. The van der Waals surface area contributed by atoms with Crippen LogP contribution in [0, 0.1) is 0 Å². The number of carbonyl (C=O) groups is 1. The Morgan fingerprint density at radius 1 is 1.31 bits per heavy atom. The summed E-state index contributed by atoms with van der Waals surface area (Å²) in [6.45, 7) is 0.183. The van der Waals surface area contributed by atoms with E-state index in [9.17, 15) is 4.79 Å². The van der Waals surface area contributed by atoms with Crippen LogP contribution in [0.2, 0.25) is 5.02 Å². The normalized spacial score (nSPS) is 22.3. The lowest BCUT2D eigenvalue weighted by Gasteiger charge is -2.10. The van der Waals surface area contributed by atoms with Gasteiger partial charge in [-0.1, -0.05) is 11.6 Å². The van der Waals surface area contributed by atoms with E-state index >= 15 is 0 Å². The number of esters is 1. The third-order valence-electron chi connectivity index (χ3n) is 2.71. The van der Waals surface area contributed by atoms with E-state index in [0.29, 0.717) is 29.4 Å². The van der Waals surface area contributed by atoms with Crippen molar-refractivity contribution in [1.82, 2.24) is 0 Å². The molecule has 0 N–H and O–H groups in total. The van der Waals surface area contributed by atoms with Crippen molar-refractivity contribution in [3.8, 4) is 11.5 Å². The monoisotopic (exact) mass is 240 g/mol. The number of carbonyl (C=O) groups excluding carboxylic acids is 1. The molecule has 0 saturated carbocycles. The Labute approximate surface area is 97.0 Å². The highest BCUT2D eigenvalue weighted by Crippen LogP contribution is 2.43. The molecular formula is C11H9ClO4. The Morgan fingerprint density at radius 3 is 2.94 bits per heavy atom. The molecule has 0 radical (unpaired) electrons. The van der Waals surface area contributed by atoms with Gasteiger partial charge in [-0.25, -0.2) is 0 Å². The standard InChI is InChI=1S/C11H9ClO4/c12-7-3-6(8-1-2-10(13)16-8)4-9-11(7)15-5-14-9/h3-4,8H,1-2,5H2. The summed E-state index contributed by atoms with van der Waals surface area (Å²) in [5, 5.41) is 0.493. The highest BCUT2D eigenvalue weighted by molar-refractivity contribution is 6.32. The van der Waals surface area contributed by atoms with Crippen molar-refractivity contribution in [3.63, 3.8) is 0 Å². The van der Waals surface area contributed by atoms with Gasteiger partial charge in [-0.3, -0.25) is 4.79 Å². The van der Waals surface area contributed by atoms with Crippen LogP contribution in [0.1, 0.15) is 24.5 Å². The smallest absolute Gasteiger partial charge is 0.306 e. The molecule has 3 rings (SSSR count). The van der Waals surface area contributed by atoms with E-state index < -0.39 is 0 Å². The number of hydrogen-bond acceptors (Lipinski definition) is 4. The van der Waals surface area contributed by atoms with Gasteiger partial charge in [0, 0.05) is 6.42 Å². The highest BCUT2D eigenvalue weighted by atomic mass is 35.5. The van der Waals surface area contributed by atoms with Gasteiger partial charge in [-0.2, -0.15) is 0 Å². The molecule has 1 saturated heterocycles. The first kappa shape index (κ1) is 9.78. The maximum atomic E-state index is 11.0. The molecule has 0 bridgehead atoms. The van der Waals surface area contributed by atoms with E-state index in [-0.39, 0.29) is 18.9 Å². The van der Waals surface area contributed by atoms with Gasteiger partial charge in [0.15, 0.2) is 11.5 Å². The van der Waals surface area contributed by atoms with Gasteiger partial charge in [0.05, 0.1) is 5.02 Å². The minimum atomic E-state index is -0.209. The van der Waals surface area contributed by atoms with Gasteiger partial charge in [0.2, 0.25) is 6.79 Å². The van der Waals surface area contributed by atoms with E-state index in [2.05, 4.69) is 0 Å². The zero-order valence-corrected chi connectivity index (χ0v) is 9.12. The molecule has 1 aromatic rings. The van der Waals surface area contributed by atoms with Crippen LogP contribution in [0.4, 0.5) is 0 Å². The number of fused-ring (bicyclic) bond motifs is 1. The van der Waals surface area contributed by atoms with E-state index in [1.54, 1.807) is 6.07 Å². The summed E-state index contributed by atoms with van der Waals surface area (Å²) in [4.78, 5) is 11.0. The molecule has 0 aromatic heterocycles. The molecule has 0 amide bonds. The zero-order valence-electron chi connectivity index (χ0n) is 8.36. The summed E-state index contributed by atoms with van der Waals surface area (Å²) < 4.78 is 15.6. The van der Waals surface area contributed by atoms with Crippen LogP contribution in [0.5, 0.6) is 11.5 Å². The zero-order chi connectivity index (χ0) is 11.1. The lowest BCUT2D eigenvalue weighted by Crippen LogP contribution is -1.98. The molecule has 2 aliphatic heterocycles. The van der Waals surface area contributed by atoms with Gasteiger partial charge >= 0.3 is 5.97 Å². The Hall–Kier alpha value is -1.42. The van der Waals surface area contributed by atoms with Gasteiger partial charge in [-0.15, -0.1) is 0 Å². The first-order valence-electron chi connectivity index (χ1n) is 5.02. The summed E-state index contributed by atoms with van der Waals surface area (Å²) in [6, 6.07) is 3.58. The maximum absolute atomic E-state index is 11.0. The van der Waals surface area contributed by atoms with Gasteiger partial charge < -0.3 is 14.2 Å². The van der Waals surface area contributed by atoms with Crippen molar-refractivity contribution >= 4 is 17.6 Å². The average molecular weight is 241 g/mol. The second-order valence-corrected chi connectivity index (χ2v) is 4.16. The van der Waals surface area contributed by atoms with E-state index in [1.165, 1.54) is 0 Å². The summed E-state index contributed by atoms with van der Waals surface area (Å²) in [5.41, 5.74) is 0.861. The number of benzene rings is 1. The van der Waals surface area contributed by atoms with Crippen molar-refractivity contribution in [3.05, 3.63) is 22.7 Å². The van der Waals surface area contributed by atoms with Gasteiger partial charge in [0.25, 0.3) is 0 Å². The number of ether oxygens (including phenoxy) is 3. The van der Waals surface area contributed by atoms with Crippen molar-refractivity contribution in [2.45, 2.75) is 18.9 Å². The molecule has 16 heavy (non-hydrogen) atoms. The van der Waals surface area contributed by atoms with Crippen LogP contribution in [-0.4, -0.2) is 12.8 Å². The number of hydrogen-bond donors (Lipinski definition) is 0. The predicted octanol–water partition coefficient (Wildman–Crippen LogP) is 2.45. The van der Waals surface area contributed by atoms with E-state index in [1.807, 2.05) is 6.07 Å². The average Bonchev–Trinajstić information content (AvgIpc) is 2.85. The topological polar surface area (TPSA) is 44.8 Å². The summed E-state index contributed by atoms with van der Waals surface area (Å²) >= 11 is 6.04. The lowest BCUT2D eigenvalue weighted by molar-refractivity contribution is -0.141. The first-order chi connectivity index (χ1) is 7.74. The molecule has 2 aliphatic rings. The SMILES string of the molecule is O=C1CCC(c2cc(Cl)c3c(c2)OCO3)O1. The van der Waals surface area contributed by atoms with Crippen molar-refractivity contribution in [2.24, 2.45) is 0 Å². The molecule has 84 valence electrons. The Balaban J connectivity index is 1.97. The number of rotatable bonds is 1. The molecule has 1 fully saturated rings.